The molecule has 1 saturated carbocycles. The van der Waals surface area contributed by atoms with Gasteiger partial charge in [0.15, 0.2) is 0 Å². The molecule has 1 aromatic carbocycles. The number of esters is 1. The molecule has 9 heteroatoms. The van der Waals surface area contributed by atoms with E-state index in [2.05, 4.69) is 0 Å². The molecule has 27 heavy (non-hydrogen) atoms. The van der Waals surface area contributed by atoms with Gasteiger partial charge in [-0.1, -0.05) is 30.5 Å². The number of rotatable bonds is 5. The van der Waals surface area contributed by atoms with Gasteiger partial charge in [0, 0.05) is 30.2 Å². The standard InChI is InChI=1S/C18H24ClFN2O4S/c1-21(11-13-14(19)7-5-8-15(13)20)27(24,25)22-16-9-4-3-6-12(16)10-17(22)18(23)26-2/h5,7-8,12,16-17H,3-4,6,9-11H2,1-2H3. The molecule has 0 amide bonds. The van der Waals surface area contributed by atoms with Crippen molar-refractivity contribution in [2.75, 3.05) is 14.2 Å². The van der Waals surface area contributed by atoms with Crippen LogP contribution in [-0.4, -0.2) is 49.2 Å². The Bertz CT molecular complexity index is 799. The quantitative estimate of drug-likeness (QED) is 0.689. The van der Waals surface area contributed by atoms with E-state index >= 15 is 0 Å². The van der Waals surface area contributed by atoms with E-state index in [1.54, 1.807) is 0 Å². The zero-order valence-electron chi connectivity index (χ0n) is 15.4. The second kappa shape index (κ2) is 8.03. The summed E-state index contributed by atoms with van der Waals surface area (Å²) in [6, 6.07) is 3.16. The van der Waals surface area contributed by atoms with Gasteiger partial charge in [0.2, 0.25) is 0 Å². The minimum Gasteiger partial charge on any atom is -0.468 e. The fourth-order valence-electron chi connectivity index (χ4n) is 4.24. The molecule has 3 rings (SSSR count). The molecular weight excluding hydrogens is 395 g/mol. The first-order chi connectivity index (χ1) is 12.8. The fraction of sp³-hybridized carbons (Fsp3) is 0.611. The van der Waals surface area contributed by atoms with Crippen LogP contribution < -0.4 is 0 Å². The predicted molar refractivity (Wildman–Crippen MR) is 99.8 cm³/mol. The zero-order chi connectivity index (χ0) is 19.8. The molecular formula is C18H24ClFN2O4S. The summed E-state index contributed by atoms with van der Waals surface area (Å²) >= 11 is 6.05. The Balaban J connectivity index is 1.91. The Morgan fingerprint density at radius 3 is 2.74 bits per heavy atom. The number of benzene rings is 1. The van der Waals surface area contributed by atoms with E-state index in [-0.39, 0.29) is 29.1 Å². The van der Waals surface area contributed by atoms with Gasteiger partial charge in [0.25, 0.3) is 10.2 Å². The molecule has 0 N–H and O–H groups in total. The maximum Gasteiger partial charge on any atom is 0.324 e. The SMILES string of the molecule is COC(=O)C1CC2CCCCC2N1S(=O)(=O)N(C)Cc1c(F)cccc1Cl. The highest BCUT2D eigenvalue weighted by Crippen LogP contribution is 2.42. The van der Waals surface area contributed by atoms with Crippen LogP contribution in [0.5, 0.6) is 0 Å². The second-order valence-corrected chi connectivity index (χ2v) is 9.53. The summed E-state index contributed by atoms with van der Waals surface area (Å²) in [5.41, 5.74) is 0.110. The van der Waals surface area contributed by atoms with Gasteiger partial charge in [0.05, 0.1) is 7.11 Å². The molecule has 3 atom stereocenters. The Labute approximate surface area is 164 Å². The van der Waals surface area contributed by atoms with Crippen LogP contribution in [0.3, 0.4) is 0 Å². The van der Waals surface area contributed by atoms with E-state index < -0.39 is 28.0 Å². The average molecular weight is 419 g/mol. The van der Waals surface area contributed by atoms with Crippen molar-refractivity contribution in [2.45, 2.75) is 50.7 Å². The summed E-state index contributed by atoms with van der Waals surface area (Å²) in [5, 5.41) is 0.165. The number of nitrogens with zero attached hydrogens (tertiary/aromatic N) is 2. The zero-order valence-corrected chi connectivity index (χ0v) is 17.0. The van der Waals surface area contributed by atoms with E-state index in [0.717, 1.165) is 23.6 Å². The molecule has 1 saturated heterocycles. The van der Waals surface area contributed by atoms with E-state index in [9.17, 15) is 17.6 Å². The Kier molecular flexibility index (Phi) is 6.10. The van der Waals surface area contributed by atoms with Gasteiger partial charge in [-0.3, -0.25) is 4.79 Å². The number of carbonyl (C=O) groups is 1. The van der Waals surface area contributed by atoms with Gasteiger partial charge in [-0.2, -0.15) is 17.0 Å². The number of hydrogen-bond donors (Lipinski definition) is 0. The van der Waals surface area contributed by atoms with Crippen molar-refractivity contribution in [2.24, 2.45) is 5.92 Å². The molecule has 2 aliphatic rings. The van der Waals surface area contributed by atoms with Gasteiger partial charge >= 0.3 is 5.97 Å². The fourth-order valence-corrected chi connectivity index (χ4v) is 6.19. The van der Waals surface area contributed by atoms with Crippen molar-refractivity contribution in [3.8, 4) is 0 Å². The van der Waals surface area contributed by atoms with Crippen molar-refractivity contribution in [1.29, 1.82) is 0 Å². The summed E-state index contributed by atoms with van der Waals surface area (Å²) in [6.45, 7) is -0.213. The first kappa shape index (κ1) is 20.5. The third kappa shape index (κ3) is 3.85. The van der Waals surface area contributed by atoms with Crippen LogP contribution in [0.4, 0.5) is 4.39 Å². The lowest BCUT2D eigenvalue weighted by Crippen LogP contribution is -2.51. The molecule has 1 aromatic rings. The van der Waals surface area contributed by atoms with Crippen LogP contribution in [0, 0.1) is 11.7 Å². The minimum atomic E-state index is -4.00. The summed E-state index contributed by atoms with van der Waals surface area (Å²) in [5.74, 6) is -0.973. The topological polar surface area (TPSA) is 66.9 Å². The normalized spacial score (nSPS) is 26.2. The molecule has 0 radical (unpaired) electrons. The van der Waals surface area contributed by atoms with Crippen LogP contribution in [0.25, 0.3) is 0 Å². The Morgan fingerprint density at radius 2 is 2.07 bits per heavy atom. The molecule has 1 aliphatic heterocycles. The Hall–Kier alpha value is -1.22. The lowest BCUT2D eigenvalue weighted by Gasteiger charge is -2.34. The Morgan fingerprint density at radius 1 is 1.37 bits per heavy atom. The maximum atomic E-state index is 14.1. The highest BCUT2D eigenvalue weighted by Gasteiger charge is 2.52. The lowest BCUT2D eigenvalue weighted by atomic mass is 9.85. The van der Waals surface area contributed by atoms with Crippen molar-refractivity contribution < 1.29 is 22.3 Å². The van der Waals surface area contributed by atoms with Gasteiger partial charge in [-0.15, -0.1) is 0 Å². The molecule has 6 nitrogen and oxygen atoms in total. The number of hydrogen-bond acceptors (Lipinski definition) is 4. The van der Waals surface area contributed by atoms with Gasteiger partial charge in [-0.25, -0.2) is 4.39 Å². The van der Waals surface area contributed by atoms with Crippen LogP contribution >= 0.6 is 11.6 Å². The number of fused-ring (bicyclic) bond motifs is 1. The van der Waals surface area contributed by atoms with Crippen LogP contribution in [0.15, 0.2) is 18.2 Å². The van der Waals surface area contributed by atoms with Crippen LogP contribution in [0.2, 0.25) is 5.02 Å². The minimum absolute atomic E-state index is 0.110. The van der Waals surface area contributed by atoms with Crippen molar-refractivity contribution in [3.63, 3.8) is 0 Å². The summed E-state index contributed by atoms with van der Waals surface area (Å²) < 4.78 is 48.0. The third-order valence-electron chi connectivity index (χ3n) is 5.61. The monoisotopic (exact) mass is 418 g/mol. The number of halogens is 2. The average Bonchev–Trinajstić information content (AvgIpc) is 3.04. The lowest BCUT2D eigenvalue weighted by molar-refractivity contribution is -0.144. The molecule has 3 unspecified atom stereocenters. The van der Waals surface area contributed by atoms with Crippen molar-refractivity contribution >= 4 is 27.8 Å². The maximum absolute atomic E-state index is 14.1. The molecule has 150 valence electrons. The first-order valence-corrected chi connectivity index (χ1v) is 10.8. The number of methoxy groups -OCH3 is 1. The van der Waals surface area contributed by atoms with Crippen molar-refractivity contribution in [1.82, 2.24) is 8.61 Å². The summed E-state index contributed by atoms with van der Waals surface area (Å²) in [4.78, 5) is 12.3. The predicted octanol–water partition coefficient (Wildman–Crippen LogP) is 2.96. The van der Waals surface area contributed by atoms with Crippen LogP contribution in [-0.2, 0) is 26.3 Å². The number of ether oxygens (including phenoxy) is 1. The largest absolute Gasteiger partial charge is 0.468 e. The van der Waals surface area contributed by atoms with Gasteiger partial charge in [0.1, 0.15) is 11.9 Å². The van der Waals surface area contributed by atoms with Gasteiger partial charge in [-0.05, 0) is 37.3 Å². The molecule has 0 aromatic heterocycles. The molecule has 2 fully saturated rings. The van der Waals surface area contributed by atoms with E-state index in [4.69, 9.17) is 16.3 Å². The first-order valence-electron chi connectivity index (χ1n) is 9.03. The van der Waals surface area contributed by atoms with Crippen molar-refractivity contribution in [3.05, 3.63) is 34.6 Å². The van der Waals surface area contributed by atoms with Crippen LogP contribution in [0.1, 0.15) is 37.7 Å². The van der Waals surface area contributed by atoms with E-state index in [1.165, 1.54) is 36.7 Å². The van der Waals surface area contributed by atoms with Gasteiger partial charge < -0.3 is 4.74 Å². The molecule has 0 spiro atoms. The van der Waals surface area contributed by atoms with E-state index in [1.807, 2.05) is 0 Å². The third-order valence-corrected chi connectivity index (χ3v) is 7.93. The summed E-state index contributed by atoms with van der Waals surface area (Å²) in [7, 11) is -1.37. The molecule has 1 aliphatic carbocycles. The molecule has 0 bridgehead atoms. The molecule has 1 heterocycles. The summed E-state index contributed by atoms with van der Waals surface area (Å²) in [6.07, 6.45) is 4.02. The van der Waals surface area contributed by atoms with E-state index in [0.29, 0.717) is 12.8 Å². The second-order valence-electron chi connectivity index (χ2n) is 7.18. The highest BCUT2D eigenvalue weighted by molar-refractivity contribution is 7.86. The highest BCUT2D eigenvalue weighted by atomic mass is 35.5. The smallest absolute Gasteiger partial charge is 0.324 e. The number of carbonyl (C=O) groups excluding carboxylic acids is 1.